The Morgan fingerprint density at radius 1 is 1.07 bits per heavy atom. The van der Waals surface area contributed by atoms with Crippen LogP contribution in [0.4, 0.5) is 0 Å². The molecule has 0 saturated heterocycles. The standard InChI is InChI=1S/C21H38NO5P/c1-8-21(6,7)19(24)27-13-11-22(10-12-26-18(23)20(3,4)5)16-28(25)14-9-17(2)15-28/h9H,8,10-16H2,1-7H3. The molecule has 1 aliphatic rings. The third-order valence-electron chi connectivity index (χ3n) is 5.10. The summed E-state index contributed by atoms with van der Waals surface area (Å²) in [6.45, 7) is 14.5. The van der Waals surface area contributed by atoms with Crippen LogP contribution in [0.3, 0.4) is 0 Å². The molecule has 0 aromatic rings. The minimum absolute atomic E-state index is 0.223. The molecule has 0 N–H and O–H groups in total. The summed E-state index contributed by atoms with van der Waals surface area (Å²) in [5.74, 6) is -0.479. The summed E-state index contributed by atoms with van der Waals surface area (Å²) in [6.07, 6.45) is 4.44. The Morgan fingerprint density at radius 3 is 2.04 bits per heavy atom. The van der Waals surface area contributed by atoms with E-state index in [9.17, 15) is 14.2 Å². The van der Waals surface area contributed by atoms with Crippen LogP contribution in [-0.4, -0.2) is 61.8 Å². The lowest BCUT2D eigenvalue weighted by atomic mass is 9.91. The topological polar surface area (TPSA) is 72.9 Å². The van der Waals surface area contributed by atoms with Crippen molar-refractivity contribution in [2.24, 2.45) is 10.8 Å². The van der Waals surface area contributed by atoms with Crippen molar-refractivity contribution in [2.75, 3.05) is 44.9 Å². The Morgan fingerprint density at radius 2 is 1.61 bits per heavy atom. The van der Waals surface area contributed by atoms with Crippen molar-refractivity contribution < 1.29 is 23.6 Å². The molecule has 1 unspecified atom stereocenters. The Labute approximate surface area is 170 Å². The average molecular weight is 416 g/mol. The number of carbonyl (C=O) groups excluding carboxylic acids is 2. The number of rotatable bonds is 10. The van der Waals surface area contributed by atoms with E-state index in [0.717, 1.165) is 0 Å². The molecule has 28 heavy (non-hydrogen) atoms. The van der Waals surface area contributed by atoms with Crippen LogP contribution >= 0.6 is 7.14 Å². The molecule has 7 heteroatoms. The van der Waals surface area contributed by atoms with E-state index in [4.69, 9.17) is 9.47 Å². The third-order valence-corrected chi connectivity index (χ3v) is 7.94. The van der Waals surface area contributed by atoms with Crippen LogP contribution in [-0.2, 0) is 23.6 Å². The molecule has 0 radical (unpaired) electrons. The smallest absolute Gasteiger partial charge is 0.311 e. The second kappa shape index (κ2) is 10.1. The summed E-state index contributed by atoms with van der Waals surface area (Å²) in [7, 11) is -2.33. The highest BCUT2D eigenvalue weighted by Crippen LogP contribution is 2.51. The summed E-state index contributed by atoms with van der Waals surface area (Å²) in [5.41, 5.74) is 0.107. The molecule has 0 aromatic carbocycles. The highest BCUT2D eigenvalue weighted by atomic mass is 31.2. The van der Waals surface area contributed by atoms with Gasteiger partial charge in [-0.05, 0) is 48.0 Å². The first kappa shape index (κ1) is 24.9. The van der Waals surface area contributed by atoms with E-state index in [1.54, 1.807) is 0 Å². The van der Waals surface area contributed by atoms with Gasteiger partial charge >= 0.3 is 11.9 Å². The van der Waals surface area contributed by atoms with Gasteiger partial charge in [-0.15, -0.1) is 0 Å². The fourth-order valence-electron chi connectivity index (χ4n) is 2.72. The summed E-state index contributed by atoms with van der Waals surface area (Å²) in [4.78, 5) is 26.1. The van der Waals surface area contributed by atoms with Crippen molar-refractivity contribution in [1.82, 2.24) is 4.90 Å². The Balaban J connectivity index is 2.61. The number of esters is 2. The predicted octanol–water partition coefficient (Wildman–Crippen LogP) is 4.14. The largest absolute Gasteiger partial charge is 0.464 e. The summed E-state index contributed by atoms with van der Waals surface area (Å²) >= 11 is 0. The van der Waals surface area contributed by atoms with Crippen LogP contribution in [0.1, 0.15) is 54.9 Å². The SMILES string of the molecule is CCC(C)(C)C(=O)OCCN(CCOC(=O)C(C)(C)C)CP1(=O)CC=C(C)C1. The van der Waals surface area contributed by atoms with E-state index in [1.165, 1.54) is 5.57 Å². The highest BCUT2D eigenvalue weighted by Gasteiger charge is 2.30. The molecule has 0 aliphatic carbocycles. The van der Waals surface area contributed by atoms with Gasteiger partial charge in [-0.1, -0.05) is 18.6 Å². The average Bonchev–Trinajstić information content (AvgIpc) is 2.92. The van der Waals surface area contributed by atoms with Gasteiger partial charge in [0.05, 0.1) is 17.1 Å². The van der Waals surface area contributed by atoms with Crippen LogP contribution in [0.5, 0.6) is 0 Å². The normalized spacial score (nSPS) is 20.2. The number of ether oxygens (including phenoxy) is 2. The van der Waals surface area contributed by atoms with Gasteiger partial charge in [-0.2, -0.15) is 0 Å². The van der Waals surface area contributed by atoms with Gasteiger partial charge in [0.25, 0.3) is 0 Å². The van der Waals surface area contributed by atoms with Crippen molar-refractivity contribution in [3.63, 3.8) is 0 Å². The van der Waals surface area contributed by atoms with Crippen LogP contribution in [0.2, 0.25) is 0 Å². The molecule has 1 rings (SSSR count). The summed E-state index contributed by atoms with van der Waals surface area (Å²) in [6, 6.07) is 0. The van der Waals surface area contributed by atoms with E-state index < -0.39 is 18.0 Å². The molecule has 1 aliphatic heterocycles. The third kappa shape index (κ3) is 8.08. The second-order valence-electron chi connectivity index (χ2n) is 9.47. The molecule has 162 valence electrons. The molecule has 6 nitrogen and oxygen atoms in total. The van der Waals surface area contributed by atoms with Crippen LogP contribution in [0.25, 0.3) is 0 Å². The van der Waals surface area contributed by atoms with Crippen molar-refractivity contribution >= 4 is 19.1 Å². The van der Waals surface area contributed by atoms with E-state index in [2.05, 4.69) is 0 Å². The lowest BCUT2D eigenvalue weighted by molar-refractivity contribution is -0.154. The van der Waals surface area contributed by atoms with E-state index in [-0.39, 0.29) is 25.2 Å². The minimum atomic E-state index is -2.33. The molecule has 1 atom stereocenters. The van der Waals surface area contributed by atoms with Gasteiger partial charge < -0.3 is 14.0 Å². The van der Waals surface area contributed by atoms with Crippen LogP contribution < -0.4 is 0 Å². The fourth-order valence-corrected chi connectivity index (χ4v) is 5.76. The number of hydrogen-bond donors (Lipinski definition) is 0. The molecule has 0 saturated carbocycles. The van der Waals surface area contributed by atoms with Crippen molar-refractivity contribution in [1.29, 1.82) is 0 Å². The number of allylic oxidation sites excluding steroid dienone is 2. The zero-order chi connectivity index (χ0) is 21.6. The van der Waals surface area contributed by atoms with Crippen LogP contribution in [0, 0.1) is 10.8 Å². The van der Waals surface area contributed by atoms with E-state index in [1.807, 2.05) is 59.4 Å². The quantitative estimate of drug-likeness (QED) is 0.303. The van der Waals surface area contributed by atoms with E-state index in [0.29, 0.717) is 38.1 Å². The number of carbonyl (C=O) groups is 2. The van der Waals surface area contributed by atoms with E-state index >= 15 is 0 Å². The summed E-state index contributed by atoms with van der Waals surface area (Å²) < 4.78 is 23.9. The maximum absolute atomic E-state index is 13.1. The maximum atomic E-state index is 13.1. The molecule has 0 spiro atoms. The molecular weight excluding hydrogens is 377 g/mol. The number of nitrogens with zero attached hydrogens (tertiary/aromatic N) is 1. The molecular formula is C21H38NO5P. The fraction of sp³-hybridized carbons (Fsp3) is 0.810. The Hall–Kier alpha value is -1.13. The van der Waals surface area contributed by atoms with Gasteiger partial charge in [-0.25, -0.2) is 0 Å². The minimum Gasteiger partial charge on any atom is -0.464 e. The molecule has 0 bridgehead atoms. The van der Waals surface area contributed by atoms with Gasteiger partial charge in [0, 0.05) is 25.4 Å². The lowest BCUT2D eigenvalue weighted by Gasteiger charge is -2.27. The van der Waals surface area contributed by atoms with Crippen molar-refractivity contribution in [2.45, 2.75) is 54.9 Å². The summed E-state index contributed by atoms with van der Waals surface area (Å²) in [5, 5.41) is 0. The first-order valence-corrected chi connectivity index (χ1v) is 12.3. The predicted molar refractivity (Wildman–Crippen MR) is 113 cm³/mol. The van der Waals surface area contributed by atoms with Crippen LogP contribution in [0.15, 0.2) is 11.6 Å². The zero-order valence-corrected chi connectivity index (χ0v) is 19.6. The molecule has 0 amide bonds. The first-order valence-electron chi connectivity index (χ1n) is 10.1. The van der Waals surface area contributed by atoms with Gasteiger partial charge in [0.15, 0.2) is 0 Å². The van der Waals surface area contributed by atoms with Crippen molar-refractivity contribution in [3.8, 4) is 0 Å². The van der Waals surface area contributed by atoms with Crippen molar-refractivity contribution in [3.05, 3.63) is 11.6 Å². The number of hydrogen-bond acceptors (Lipinski definition) is 6. The molecule has 0 aromatic heterocycles. The first-order chi connectivity index (χ1) is 12.8. The molecule has 0 fully saturated rings. The lowest BCUT2D eigenvalue weighted by Crippen LogP contribution is -2.35. The Bertz CT molecular complexity index is 633. The highest BCUT2D eigenvalue weighted by molar-refractivity contribution is 7.64. The Kier molecular flexibility index (Phi) is 8.95. The van der Waals surface area contributed by atoms with Gasteiger partial charge in [0.1, 0.15) is 20.4 Å². The van der Waals surface area contributed by atoms with Gasteiger partial charge in [-0.3, -0.25) is 14.5 Å². The monoisotopic (exact) mass is 415 g/mol. The molecule has 1 heterocycles. The zero-order valence-electron chi connectivity index (χ0n) is 18.7. The van der Waals surface area contributed by atoms with Gasteiger partial charge in [0.2, 0.25) is 0 Å². The second-order valence-corrected chi connectivity index (χ2v) is 12.5. The maximum Gasteiger partial charge on any atom is 0.311 e.